The topological polar surface area (TPSA) is 51.0 Å². The molecule has 1 aromatic heterocycles. The molecule has 1 aliphatic rings. The molecule has 28 heavy (non-hydrogen) atoms. The van der Waals surface area contributed by atoms with Gasteiger partial charge in [-0.25, -0.2) is 8.78 Å². The van der Waals surface area contributed by atoms with Gasteiger partial charge in [-0.15, -0.1) is 5.10 Å². The minimum atomic E-state index is -0.384. The van der Waals surface area contributed by atoms with Gasteiger partial charge < -0.3 is 4.90 Å². The lowest BCUT2D eigenvalue weighted by molar-refractivity contribution is -0.122. The number of rotatable bonds is 4. The van der Waals surface area contributed by atoms with Crippen molar-refractivity contribution in [1.29, 1.82) is 0 Å². The smallest absolute Gasteiger partial charge is 0.230 e. The summed E-state index contributed by atoms with van der Waals surface area (Å²) in [4.78, 5) is 14.9. The number of carbonyl (C=O) groups excluding carboxylic acids is 1. The number of nitrogens with zero attached hydrogens (tertiary/aromatic N) is 4. The molecule has 3 aromatic rings. The molecule has 7 heteroatoms. The van der Waals surface area contributed by atoms with Crippen molar-refractivity contribution in [3.05, 3.63) is 77.1 Å². The zero-order valence-corrected chi connectivity index (χ0v) is 15.5. The molecule has 0 spiro atoms. The van der Waals surface area contributed by atoms with Gasteiger partial charge in [-0.05, 0) is 43.2 Å². The van der Waals surface area contributed by atoms with Gasteiger partial charge in [0.1, 0.15) is 11.6 Å². The molecule has 0 fully saturated rings. The van der Waals surface area contributed by atoms with Crippen molar-refractivity contribution in [3.8, 4) is 0 Å². The normalized spacial score (nSPS) is 15.9. The molecule has 2 aromatic carbocycles. The average molecular weight is 382 g/mol. The van der Waals surface area contributed by atoms with Crippen molar-refractivity contribution in [2.24, 2.45) is 13.0 Å². The predicted molar refractivity (Wildman–Crippen MR) is 101 cm³/mol. The summed E-state index contributed by atoms with van der Waals surface area (Å²) < 4.78 is 29.3. The number of benzene rings is 2. The Hall–Kier alpha value is -3.09. The first-order chi connectivity index (χ1) is 13.5. The van der Waals surface area contributed by atoms with Crippen molar-refractivity contribution in [2.45, 2.75) is 25.8 Å². The summed E-state index contributed by atoms with van der Waals surface area (Å²) in [7, 11) is 1.82. The summed E-state index contributed by atoms with van der Waals surface area (Å²) in [6.45, 7) is 0.0874. The van der Waals surface area contributed by atoms with Crippen LogP contribution in [0.2, 0.25) is 0 Å². The lowest BCUT2D eigenvalue weighted by atomic mass is 9.88. The number of halogens is 2. The minimum absolute atomic E-state index is 0.0874. The number of amides is 1. The molecule has 0 aliphatic heterocycles. The molecule has 0 N–H and O–H groups in total. The van der Waals surface area contributed by atoms with E-state index >= 15 is 0 Å². The van der Waals surface area contributed by atoms with Crippen LogP contribution in [0.25, 0.3) is 0 Å². The monoisotopic (exact) mass is 382 g/mol. The van der Waals surface area contributed by atoms with Crippen molar-refractivity contribution >= 4 is 11.6 Å². The quantitative estimate of drug-likeness (QED) is 0.695. The highest BCUT2D eigenvalue weighted by Gasteiger charge is 2.32. The molecule has 1 heterocycles. The molecule has 1 unspecified atom stereocenters. The van der Waals surface area contributed by atoms with E-state index in [1.165, 1.54) is 23.1 Å². The molecule has 0 saturated carbocycles. The zero-order chi connectivity index (χ0) is 19.7. The number of aryl methyl sites for hydroxylation is 2. The Kier molecular flexibility index (Phi) is 4.90. The van der Waals surface area contributed by atoms with E-state index < -0.39 is 0 Å². The molecule has 144 valence electrons. The maximum Gasteiger partial charge on any atom is 0.230 e. The maximum atomic E-state index is 14.2. The average Bonchev–Trinajstić information content (AvgIpc) is 3.08. The Bertz CT molecular complexity index is 1000. The Balaban J connectivity index is 1.65. The Morgan fingerprint density at radius 1 is 1.18 bits per heavy atom. The second-order valence-electron chi connectivity index (χ2n) is 7.04. The first kappa shape index (κ1) is 18.3. The highest BCUT2D eigenvalue weighted by molar-refractivity contribution is 5.95. The maximum absolute atomic E-state index is 14.2. The molecule has 1 amide bonds. The van der Waals surface area contributed by atoms with E-state index in [1.54, 1.807) is 35.0 Å². The fourth-order valence-corrected chi connectivity index (χ4v) is 3.66. The molecule has 5 nitrogen and oxygen atoms in total. The van der Waals surface area contributed by atoms with Crippen LogP contribution < -0.4 is 4.90 Å². The first-order valence-corrected chi connectivity index (χ1v) is 9.20. The molecule has 4 rings (SSSR count). The second kappa shape index (κ2) is 7.50. The van der Waals surface area contributed by atoms with Crippen LogP contribution in [0, 0.1) is 17.6 Å². The van der Waals surface area contributed by atoms with E-state index in [0.29, 0.717) is 30.5 Å². The number of anilines is 1. The summed E-state index contributed by atoms with van der Waals surface area (Å²) in [5.41, 5.74) is 2.84. The third kappa shape index (κ3) is 3.52. The van der Waals surface area contributed by atoms with E-state index in [-0.39, 0.29) is 30.0 Å². The summed E-state index contributed by atoms with van der Waals surface area (Å²) in [6, 6.07) is 12.1. The molecule has 1 aliphatic carbocycles. The van der Waals surface area contributed by atoms with Gasteiger partial charge in [0.15, 0.2) is 0 Å². The molecule has 0 radical (unpaired) electrons. The Morgan fingerprint density at radius 3 is 2.68 bits per heavy atom. The number of hydrogen-bond acceptors (Lipinski definition) is 3. The molecular formula is C21H20F2N4O. The zero-order valence-electron chi connectivity index (χ0n) is 15.5. The summed E-state index contributed by atoms with van der Waals surface area (Å²) in [5.74, 6) is -1.13. The van der Waals surface area contributed by atoms with E-state index in [2.05, 4.69) is 10.3 Å². The van der Waals surface area contributed by atoms with Gasteiger partial charge in [-0.2, -0.15) is 0 Å². The van der Waals surface area contributed by atoms with Crippen LogP contribution in [-0.2, 0) is 31.2 Å². The van der Waals surface area contributed by atoms with Crippen molar-refractivity contribution in [1.82, 2.24) is 15.0 Å². The lowest BCUT2D eigenvalue weighted by Gasteiger charge is -2.29. The van der Waals surface area contributed by atoms with Crippen LogP contribution >= 0.6 is 0 Å². The molecule has 0 saturated heterocycles. The first-order valence-electron chi connectivity index (χ1n) is 9.20. The highest BCUT2D eigenvalue weighted by Crippen LogP contribution is 2.28. The van der Waals surface area contributed by atoms with Gasteiger partial charge in [-0.3, -0.25) is 9.48 Å². The van der Waals surface area contributed by atoms with Gasteiger partial charge in [0.05, 0.1) is 17.9 Å². The van der Waals surface area contributed by atoms with Crippen molar-refractivity contribution in [3.63, 3.8) is 0 Å². The summed E-state index contributed by atoms with van der Waals surface area (Å²) in [5, 5.41) is 8.17. The largest absolute Gasteiger partial charge is 0.308 e. The van der Waals surface area contributed by atoms with Gasteiger partial charge in [0, 0.05) is 30.6 Å². The Labute approximate surface area is 161 Å². The van der Waals surface area contributed by atoms with Gasteiger partial charge >= 0.3 is 0 Å². The number of hydrogen-bond donors (Lipinski definition) is 0. The second-order valence-corrected chi connectivity index (χ2v) is 7.04. The van der Waals surface area contributed by atoms with E-state index in [9.17, 15) is 13.6 Å². The van der Waals surface area contributed by atoms with E-state index in [4.69, 9.17) is 0 Å². The van der Waals surface area contributed by atoms with Gasteiger partial charge in [0.2, 0.25) is 5.91 Å². The third-order valence-corrected chi connectivity index (χ3v) is 5.23. The third-order valence-electron chi connectivity index (χ3n) is 5.23. The summed E-state index contributed by atoms with van der Waals surface area (Å²) in [6.07, 6.45) is 1.86. The fourth-order valence-electron chi connectivity index (χ4n) is 3.66. The molecule has 1 atom stereocenters. The number of aromatic nitrogens is 3. The van der Waals surface area contributed by atoms with Crippen LogP contribution in [0.3, 0.4) is 0 Å². The van der Waals surface area contributed by atoms with Crippen LogP contribution in [0.15, 0.2) is 48.5 Å². The van der Waals surface area contributed by atoms with Crippen molar-refractivity contribution < 1.29 is 13.6 Å². The van der Waals surface area contributed by atoms with E-state index in [1.807, 2.05) is 7.05 Å². The highest BCUT2D eigenvalue weighted by atomic mass is 19.1. The number of carbonyl (C=O) groups is 1. The standard InChI is InChI=1S/C21H20F2N4O/c1-26-20-12-14(6-11-19(20)24-25-26)21(28)27(17-9-7-16(22)8-10-17)13-15-4-2-3-5-18(15)23/h2-5,7-10,14H,6,11-13H2,1H3. The van der Waals surface area contributed by atoms with Gasteiger partial charge in [0.25, 0.3) is 0 Å². The van der Waals surface area contributed by atoms with Crippen LogP contribution in [0.4, 0.5) is 14.5 Å². The van der Waals surface area contributed by atoms with Crippen LogP contribution in [0.5, 0.6) is 0 Å². The Morgan fingerprint density at radius 2 is 1.93 bits per heavy atom. The fraction of sp³-hybridized carbons (Fsp3) is 0.286. The van der Waals surface area contributed by atoms with Crippen molar-refractivity contribution in [2.75, 3.05) is 4.90 Å². The number of fused-ring (bicyclic) bond motifs is 1. The van der Waals surface area contributed by atoms with E-state index in [0.717, 1.165) is 11.4 Å². The van der Waals surface area contributed by atoms with Gasteiger partial charge in [-0.1, -0.05) is 23.4 Å². The molecular weight excluding hydrogens is 362 g/mol. The molecule has 0 bridgehead atoms. The predicted octanol–water partition coefficient (Wildman–Crippen LogP) is 3.43. The summed E-state index contributed by atoms with van der Waals surface area (Å²) >= 11 is 0. The minimum Gasteiger partial charge on any atom is -0.308 e. The van der Waals surface area contributed by atoms with Crippen LogP contribution in [0.1, 0.15) is 23.4 Å². The lowest BCUT2D eigenvalue weighted by Crippen LogP contribution is -2.38. The van der Waals surface area contributed by atoms with Crippen LogP contribution in [-0.4, -0.2) is 20.9 Å². The SMILES string of the molecule is Cn1nnc2c1CC(C(=O)N(Cc1ccccc1F)c1ccc(F)cc1)CC2.